The molecule has 0 aliphatic heterocycles. The number of nitrogens with one attached hydrogen (secondary N) is 2. The molecule has 0 spiro atoms. The molecule has 7 heteroatoms. The van der Waals surface area contributed by atoms with Crippen molar-refractivity contribution >= 4 is 33.5 Å². The number of ether oxygens (including phenoxy) is 1. The Morgan fingerprint density at radius 3 is 2.87 bits per heavy atom. The van der Waals surface area contributed by atoms with Crippen molar-refractivity contribution in [1.82, 2.24) is 4.98 Å². The highest BCUT2D eigenvalue weighted by Crippen LogP contribution is 2.36. The molecule has 120 valence electrons. The summed E-state index contributed by atoms with van der Waals surface area (Å²) in [4.78, 5) is 26.2. The van der Waals surface area contributed by atoms with Gasteiger partial charge < -0.3 is 25.2 Å². The average molecular weight is 315 g/mol. The smallest absolute Gasteiger partial charge is 0.376 e. The highest BCUT2D eigenvalue weighted by atomic mass is 16.5. The molecule has 0 saturated carbocycles. The molecule has 0 aliphatic carbocycles. The second-order valence-corrected chi connectivity index (χ2v) is 5.38. The Labute approximate surface area is 131 Å². The molecule has 7 nitrogen and oxygen atoms in total. The molecule has 0 aliphatic rings. The van der Waals surface area contributed by atoms with Crippen molar-refractivity contribution in [2.24, 2.45) is 5.73 Å². The molecule has 0 radical (unpaired) electrons. The third-order valence-corrected chi connectivity index (χ3v) is 3.53. The summed E-state index contributed by atoms with van der Waals surface area (Å²) in [6.45, 7) is 2.31. The summed E-state index contributed by atoms with van der Waals surface area (Å²) in [6.07, 6.45) is 0. The number of carbonyl (C=O) groups excluding carboxylic acids is 1. The van der Waals surface area contributed by atoms with Gasteiger partial charge in [-0.05, 0) is 25.1 Å². The number of nitrogens with two attached hydrogens (primary N) is 1. The number of carbonyl (C=O) groups is 1. The SMILES string of the molecule is COC(=O)c1oc2ccc3[nH]c(=O)ccc3c2c1NC[C@@H](C)N. The normalized spacial score (nSPS) is 12.5. The lowest BCUT2D eigenvalue weighted by molar-refractivity contribution is 0.0569. The molecule has 2 aromatic heterocycles. The van der Waals surface area contributed by atoms with Gasteiger partial charge in [0.05, 0.1) is 18.2 Å². The number of pyridine rings is 1. The maximum absolute atomic E-state index is 12.0. The first kappa shape index (κ1) is 15.1. The summed E-state index contributed by atoms with van der Waals surface area (Å²) in [5, 5.41) is 4.63. The van der Waals surface area contributed by atoms with Crippen LogP contribution in [0.5, 0.6) is 0 Å². The lowest BCUT2D eigenvalue weighted by atomic mass is 10.1. The van der Waals surface area contributed by atoms with Gasteiger partial charge in [-0.3, -0.25) is 4.79 Å². The molecule has 2 heterocycles. The van der Waals surface area contributed by atoms with E-state index in [0.29, 0.717) is 28.7 Å². The molecule has 23 heavy (non-hydrogen) atoms. The van der Waals surface area contributed by atoms with Crippen molar-refractivity contribution in [1.29, 1.82) is 0 Å². The summed E-state index contributed by atoms with van der Waals surface area (Å²) >= 11 is 0. The van der Waals surface area contributed by atoms with E-state index >= 15 is 0 Å². The second-order valence-electron chi connectivity index (χ2n) is 5.38. The maximum Gasteiger partial charge on any atom is 0.376 e. The summed E-state index contributed by atoms with van der Waals surface area (Å²) in [5.74, 6) is -0.493. The Kier molecular flexibility index (Phi) is 3.79. The second kappa shape index (κ2) is 5.77. The number of benzene rings is 1. The van der Waals surface area contributed by atoms with Crippen LogP contribution in [-0.4, -0.2) is 30.6 Å². The zero-order valence-electron chi connectivity index (χ0n) is 12.8. The third kappa shape index (κ3) is 2.66. The van der Waals surface area contributed by atoms with E-state index in [-0.39, 0.29) is 17.4 Å². The van der Waals surface area contributed by atoms with Gasteiger partial charge in [0, 0.05) is 29.6 Å². The fourth-order valence-corrected chi connectivity index (χ4v) is 2.50. The molecular weight excluding hydrogens is 298 g/mol. The zero-order chi connectivity index (χ0) is 16.6. The molecule has 3 aromatic rings. The van der Waals surface area contributed by atoms with E-state index in [4.69, 9.17) is 14.9 Å². The molecule has 0 amide bonds. The van der Waals surface area contributed by atoms with E-state index in [0.717, 1.165) is 5.39 Å². The van der Waals surface area contributed by atoms with Crippen LogP contribution in [0.3, 0.4) is 0 Å². The maximum atomic E-state index is 12.0. The summed E-state index contributed by atoms with van der Waals surface area (Å²) in [5.41, 5.74) is 7.29. The van der Waals surface area contributed by atoms with Gasteiger partial charge in [-0.25, -0.2) is 4.79 Å². The van der Waals surface area contributed by atoms with Crippen LogP contribution in [-0.2, 0) is 4.74 Å². The predicted octanol–water partition coefficient (Wildman–Crippen LogP) is 1.82. The lowest BCUT2D eigenvalue weighted by Gasteiger charge is -2.09. The minimum absolute atomic E-state index is 0.0850. The standard InChI is InChI=1S/C16H17N3O4/c1-8(17)7-18-14-13-9-3-6-12(20)19-10(9)4-5-11(13)23-15(14)16(21)22-2/h3-6,8,18H,7,17H2,1-2H3,(H,19,20)/t8-/m1/s1. The van der Waals surface area contributed by atoms with Crippen LogP contribution in [0.25, 0.3) is 21.9 Å². The number of fused-ring (bicyclic) bond motifs is 3. The molecular formula is C16H17N3O4. The van der Waals surface area contributed by atoms with Gasteiger partial charge in [0.2, 0.25) is 11.3 Å². The van der Waals surface area contributed by atoms with E-state index in [2.05, 4.69) is 10.3 Å². The number of aromatic nitrogens is 1. The highest BCUT2D eigenvalue weighted by Gasteiger charge is 2.23. The number of aromatic amines is 1. The Hall–Kier alpha value is -2.80. The lowest BCUT2D eigenvalue weighted by Crippen LogP contribution is -2.25. The number of H-pyrrole nitrogens is 1. The van der Waals surface area contributed by atoms with Gasteiger partial charge in [-0.2, -0.15) is 0 Å². The summed E-state index contributed by atoms with van der Waals surface area (Å²) < 4.78 is 10.4. The highest BCUT2D eigenvalue weighted by molar-refractivity contribution is 6.15. The Morgan fingerprint density at radius 2 is 2.17 bits per heavy atom. The number of furan rings is 1. The quantitative estimate of drug-likeness (QED) is 0.633. The molecule has 0 unspecified atom stereocenters. The largest absolute Gasteiger partial charge is 0.463 e. The van der Waals surface area contributed by atoms with Gasteiger partial charge >= 0.3 is 5.97 Å². The number of rotatable bonds is 4. The number of hydrogen-bond acceptors (Lipinski definition) is 6. The van der Waals surface area contributed by atoms with Crippen LogP contribution in [0.15, 0.2) is 33.5 Å². The van der Waals surface area contributed by atoms with Gasteiger partial charge in [0.1, 0.15) is 5.58 Å². The van der Waals surface area contributed by atoms with E-state index < -0.39 is 5.97 Å². The summed E-state index contributed by atoms with van der Waals surface area (Å²) in [6, 6.07) is 6.46. The van der Waals surface area contributed by atoms with Crippen LogP contribution in [0.1, 0.15) is 17.5 Å². The van der Waals surface area contributed by atoms with Crippen molar-refractivity contribution in [2.45, 2.75) is 13.0 Å². The first-order chi connectivity index (χ1) is 11.0. The minimum atomic E-state index is -0.578. The van der Waals surface area contributed by atoms with Crippen LogP contribution in [0, 0.1) is 0 Å². The van der Waals surface area contributed by atoms with Crippen LogP contribution in [0.4, 0.5) is 5.69 Å². The molecule has 4 N–H and O–H groups in total. The molecule has 3 rings (SSSR count). The molecule has 1 atom stereocenters. The number of methoxy groups -OCH3 is 1. The topological polar surface area (TPSA) is 110 Å². The fourth-order valence-electron chi connectivity index (χ4n) is 2.50. The monoisotopic (exact) mass is 315 g/mol. The summed E-state index contributed by atoms with van der Waals surface area (Å²) in [7, 11) is 1.29. The average Bonchev–Trinajstić information content (AvgIpc) is 2.90. The van der Waals surface area contributed by atoms with Crippen molar-refractivity contribution < 1.29 is 13.9 Å². The van der Waals surface area contributed by atoms with Gasteiger partial charge in [0.15, 0.2) is 0 Å². The van der Waals surface area contributed by atoms with E-state index in [9.17, 15) is 9.59 Å². The minimum Gasteiger partial charge on any atom is -0.463 e. The number of hydrogen-bond donors (Lipinski definition) is 3. The van der Waals surface area contributed by atoms with Crippen molar-refractivity contribution in [2.75, 3.05) is 19.0 Å². The van der Waals surface area contributed by atoms with Gasteiger partial charge in [0.25, 0.3) is 0 Å². The van der Waals surface area contributed by atoms with Gasteiger partial charge in [-0.15, -0.1) is 0 Å². The molecule has 1 aromatic carbocycles. The van der Waals surface area contributed by atoms with Crippen molar-refractivity contribution in [3.63, 3.8) is 0 Å². The number of anilines is 1. The zero-order valence-corrected chi connectivity index (χ0v) is 12.8. The Bertz CT molecular complexity index is 940. The Morgan fingerprint density at radius 1 is 1.39 bits per heavy atom. The van der Waals surface area contributed by atoms with E-state index in [1.807, 2.05) is 6.92 Å². The van der Waals surface area contributed by atoms with Crippen molar-refractivity contribution in [3.8, 4) is 0 Å². The predicted molar refractivity (Wildman–Crippen MR) is 87.8 cm³/mol. The number of esters is 1. The van der Waals surface area contributed by atoms with Crippen molar-refractivity contribution in [3.05, 3.63) is 40.4 Å². The van der Waals surface area contributed by atoms with Crippen LogP contribution < -0.4 is 16.6 Å². The van der Waals surface area contributed by atoms with E-state index in [1.54, 1.807) is 18.2 Å². The first-order valence-corrected chi connectivity index (χ1v) is 7.17. The van der Waals surface area contributed by atoms with Gasteiger partial charge in [-0.1, -0.05) is 0 Å². The molecule has 0 saturated heterocycles. The molecule has 0 bridgehead atoms. The Balaban J connectivity index is 2.31. The molecule has 0 fully saturated rings. The van der Waals surface area contributed by atoms with Crippen LogP contribution in [0.2, 0.25) is 0 Å². The fraction of sp³-hybridized carbons (Fsp3) is 0.250. The van der Waals surface area contributed by atoms with Crippen LogP contribution >= 0.6 is 0 Å². The van der Waals surface area contributed by atoms with E-state index in [1.165, 1.54) is 13.2 Å². The first-order valence-electron chi connectivity index (χ1n) is 7.17. The third-order valence-electron chi connectivity index (χ3n) is 3.53.